The van der Waals surface area contributed by atoms with Crippen LogP contribution in [0.4, 0.5) is 0 Å². The van der Waals surface area contributed by atoms with Crippen molar-refractivity contribution >= 4 is 11.6 Å². The van der Waals surface area contributed by atoms with E-state index in [9.17, 15) is 5.11 Å². The van der Waals surface area contributed by atoms with Crippen molar-refractivity contribution in [3.63, 3.8) is 0 Å². The van der Waals surface area contributed by atoms with Crippen LogP contribution in [0.15, 0.2) is 24.3 Å². The topological polar surface area (TPSA) is 56.5 Å². The SMILES string of the molecule is Cc1nn(C)c(CC(O)C2COc3ccccc3O2)c1Cl. The van der Waals surface area contributed by atoms with E-state index < -0.39 is 12.2 Å². The number of hydrogen-bond acceptors (Lipinski definition) is 4. The predicted molar refractivity (Wildman–Crippen MR) is 79.0 cm³/mol. The van der Waals surface area contributed by atoms with Gasteiger partial charge in [-0.1, -0.05) is 23.7 Å². The molecule has 0 spiro atoms. The Bertz CT molecular complexity index is 656. The van der Waals surface area contributed by atoms with Crippen LogP contribution < -0.4 is 9.47 Å². The molecule has 1 aliphatic rings. The maximum absolute atomic E-state index is 10.4. The number of aromatic nitrogens is 2. The van der Waals surface area contributed by atoms with Gasteiger partial charge in [-0.05, 0) is 19.1 Å². The summed E-state index contributed by atoms with van der Waals surface area (Å²) in [6.45, 7) is 2.15. The van der Waals surface area contributed by atoms with Gasteiger partial charge in [0.1, 0.15) is 6.61 Å². The van der Waals surface area contributed by atoms with Gasteiger partial charge in [-0.25, -0.2) is 0 Å². The summed E-state index contributed by atoms with van der Waals surface area (Å²) in [5, 5.41) is 15.2. The zero-order valence-electron chi connectivity index (χ0n) is 11.9. The lowest BCUT2D eigenvalue weighted by molar-refractivity contribution is -0.0101. The van der Waals surface area contributed by atoms with Crippen LogP contribution in [0.25, 0.3) is 0 Å². The first-order valence-corrected chi connectivity index (χ1v) is 7.18. The Kier molecular flexibility index (Phi) is 3.78. The molecule has 1 N–H and O–H groups in total. The first kappa shape index (κ1) is 14.2. The van der Waals surface area contributed by atoms with Gasteiger partial charge in [-0.2, -0.15) is 5.10 Å². The van der Waals surface area contributed by atoms with Crippen LogP contribution >= 0.6 is 11.6 Å². The fraction of sp³-hybridized carbons (Fsp3) is 0.400. The summed E-state index contributed by atoms with van der Waals surface area (Å²) in [7, 11) is 1.81. The Morgan fingerprint density at radius 1 is 1.43 bits per heavy atom. The number of aryl methyl sites for hydroxylation is 2. The average molecular weight is 309 g/mol. The third-order valence-electron chi connectivity index (χ3n) is 3.62. The van der Waals surface area contributed by atoms with Crippen molar-refractivity contribution in [3.8, 4) is 11.5 Å². The van der Waals surface area contributed by atoms with E-state index in [2.05, 4.69) is 5.10 Å². The quantitative estimate of drug-likeness (QED) is 0.943. The lowest BCUT2D eigenvalue weighted by Gasteiger charge is -2.29. The molecule has 2 aromatic rings. The highest BCUT2D eigenvalue weighted by Crippen LogP contribution is 2.32. The molecule has 2 unspecified atom stereocenters. The molecule has 3 rings (SSSR count). The summed E-state index contributed by atoms with van der Waals surface area (Å²) in [5.41, 5.74) is 1.55. The maximum atomic E-state index is 10.4. The van der Waals surface area contributed by atoms with Gasteiger partial charge in [0.05, 0.1) is 22.5 Å². The number of para-hydroxylation sites is 2. The van der Waals surface area contributed by atoms with Crippen LogP contribution in [-0.2, 0) is 13.5 Å². The van der Waals surface area contributed by atoms with Gasteiger partial charge >= 0.3 is 0 Å². The summed E-state index contributed by atoms with van der Waals surface area (Å²) in [6, 6.07) is 7.43. The molecule has 0 fully saturated rings. The van der Waals surface area contributed by atoms with Gasteiger partial charge in [0.2, 0.25) is 0 Å². The van der Waals surface area contributed by atoms with Gasteiger partial charge in [0, 0.05) is 13.5 Å². The van der Waals surface area contributed by atoms with Crippen LogP contribution in [0, 0.1) is 6.92 Å². The highest BCUT2D eigenvalue weighted by Gasteiger charge is 2.29. The minimum atomic E-state index is -0.717. The molecule has 112 valence electrons. The van der Waals surface area contributed by atoms with Crippen LogP contribution in [-0.4, -0.2) is 33.7 Å². The van der Waals surface area contributed by atoms with Gasteiger partial charge in [-0.3, -0.25) is 4.68 Å². The van der Waals surface area contributed by atoms with Crippen molar-refractivity contribution in [1.82, 2.24) is 9.78 Å². The largest absolute Gasteiger partial charge is 0.486 e. The highest BCUT2D eigenvalue weighted by molar-refractivity contribution is 6.31. The Morgan fingerprint density at radius 2 is 2.14 bits per heavy atom. The molecule has 0 amide bonds. The summed E-state index contributed by atoms with van der Waals surface area (Å²) in [6.07, 6.45) is -0.774. The number of fused-ring (bicyclic) bond motifs is 1. The van der Waals surface area contributed by atoms with Crippen molar-refractivity contribution in [2.24, 2.45) is 7.05 Å². The van der Waals surface area contributed by atoms with Crippen molar-refractivity contribution in [2.45, 2.75) is 25.6 Å². The van der Waals surface area contributed by atoms with E-state index in [0.29, 0.717) is 29.5 Å². The molecule has 1 aliphatic heterocycles. The van der Waals surface area contributed by atoms with Crippen LogP contribution in [0.1, 0.15) is 11.4 Å². The summed E-state index contributed by atoms with van der Waals surface area (Å²) in [4.78, 5) is 0. The first-order chi connectivity index (χ1) is 10.1. The molecular formula is C15H17ClN2O3. The van der Waals surface area contributed by atoms with Crippen LogP contribution in [0.3, 0.4) is 0 Å². The molecule has 1 aromatic carbocycles. The normalized spacial score (nSPS) is 18.6. The van der Waals surface area contributed by atoms with Gasteiger partial charge in [0.15, 0.2) is 17.6 Å². The van der Waals surface area contributed by atoms with E-state index in [1.807, 2.05) is 38.2 Å². The molecule has 21 heavy (non-hydrogen) atoms. The predicted octanol–water partition coefficient (Wildman–Crippen LogP) is 2.13. The van der Waals surface area contributed by atoms with Crippen molar-refractivity contribution < 1.29 is 14.6 Å². The fourth-order valence-electron chi connectivity index (χ4n) is 2.46. The highest BCUT2D eigenvalue weighted by atomic mass is 35.5. The molecule has 0 saturated heterocycles. The monoisotopic (exact) mass is 308 g/mol. The van der Waals surface area contributed by atoms with Gasteiger partial charge < -0.3 is 14.6 Å². The lowest BCUT2D eigenvalue weighted by atomic mass is 10.1. The van der Waals surface area contributed by atoms with E-state index in [1.165, 1.54) is 0 Å². The molecule has 2 heterocycles. The number of benzene rings is 1. The van der Waals surface area contributed by atoms with E-state index in [1.54, 1.807) is 4.68 Å². The number of hydrogen-bond donors (Lipinski definition) is 1. The summed E-state index contributed by atoms with van der Waals surface area (Å²) >= 11 is 6.21. The lowest BCUT2D eigenvalue weighted by Crippen LogP contribution is -2.41. The smallest absolute Gasteiger partial charge is 0.161 e. The number of rotatable bonds is 3. The van der Waals surface area contributed by atoms with E-state index in [0.717, 1.165) is 11.4 Å². The van der Waals surface area contributed by atoms with Gasteiger partial charge in [0.25, 0.3) is 0 Å². The second-order valence-electron chi connectivity index (χ2n) is 5.16. The zero-order chi connectivity index (χ0) is 15.0. The zero-order valence-corrected chi connectivity index (χ0v) is 12.7. The first-order valence-electron chi connectivity index (χ1n) is 6.80. The molecule has 0 aliphatic carbocycles. The van der Waals surface area contributed by atoms with E-state index in [4.69, 9.17) is 21.1 Å². The maximum Gasteiger partial charge on any atom is 0.161 e. The number of aliphatic hydroxyl groups excluding tert-OH is 1. The standard InChI is InChI=1S/C15H17ClN2O3/c1-9-15(16)10(18(2)17-9)7-11(19)14-8-20-12-5-3-4-6-13(12)21-14/h3-6,11,14,19H,7-8H2,1-2H3. The second kappa shape index (κ2) is 5.58. The van der Waals surface area contributed by atoms with Crippen molar-refractivity contribution in [3.05, 3.63) is 40.7 Å². The number of aliphatic hydroxyl groups is 1. The molecule has 0 radical (unpaired) electrons. The Balaban J connectivity index is 1.73. The minimum Gasteiger partial charge on any atom is -0.486 e. The Morgan fingerprint density at radius 3 is 2.81 bits per heavy atom. The fourth-order valence-corrected chi connectivity index (χ4v) is 2.69. The Labute approximate surface area is 128 Å². The minimum absolute atomic E-state index is 0.312. The third-order valence-corrected chi connectivity index (χ3v) is 4.12. The van der Waals surface area contributed by atoms with Crippen LogP contribution in [0.5, 0.6) is 11.5 Å². The molecule has 0 bridgehead atoms. The van der Waals surface area contributed by atoms with E-state index in [-0.39, 0.29) is 0 Å². The number of ether oxygens (including phenoxy) is 2. The number of nitrogens with zero attached hydrogens (tertiary/aromatic N) is 2. The van der Waals surface area contributed by atoms with Crippen molar-refractivity contribution in [2.75, 3.05) is 6.61 Å². The molecule has 0 saturated carbocycles. The second-order valence-corrected chi connectivity index (χ2v) is 5.53. The van der Waals surface area contributed by atoms with E-state index >= 15 is 0 Å². The number of halogens is 1. The van der Waals surface area contributed by atoms with Gasteiger partial charge in [-0.15, -0.1) is 0 Å². The average Bonchev–Trinajstić information content (AvgIpc) is 2.73. The molecule has 6 heteroatoms. The Hall–Kier alpha value is -1.72. The van der Waals surface area contributed by atoms with Crippen LogP contribution in [0.2, 0.25) is 5.02 Å². The third kappa shape index (κ3) is 2.71. The van der Waals surface area contributed by atoms with Crippen molar-refractivity contribution in [1.29, 1.82) is 0 Å². The molecular weight excluding hydrogens is 292 g/mol. The summed E-state index contributed by atoms with van der Waals surface area (Å²) in [5.74, 6) is 1.36. The molecule has 1 aromatic heterocycles. The molecule has 2 atom stereocenters. The summed E-state index contributed by atoms with van der Waals surface area (Å²) < 4.78 is 13.1. The molecule has 5 nitrogen and oxygen atoms in total.